The van der Waals surface area contributed by atoms with Crippen LogP contribution in [0.2, 0.25) is 0 Å². The van der Waals surface area contributed by atoms with E-state index >= 15 is 0 Å². The van der Waals surface area contributed by atoms with Crippen LogP contribution in [0.4, 0.5) is 11.6 Å². The standard InChI is InChI=1S/C11H17N7O2S/c1-21(19,20)18-6-4-16(5-7-18)11-10-13-2-3-17(10)8-9(14-11)15-12/h2-3,8,15H,4-7,12H2,1H3. The number of nitrogens with one attached hydrogen (secondary N) is 1. The number of anilines is 2. The van der Waals surface area contributed by atoms with Crippen LogP contribution < -0.4 is 16.2 Å². The van der Waals surface area contributed by atoms with E-state index < -0.39 is 10.0 Å². The van der Waals surface area contributed by atoms with E-state index in [0.29, 0.717) is 37.8 Å². The van der Waals surface area contributed by atoms with Crippen LogP contribution in [-0.4, -0.2) is 59.5 Å². The second-order valence-electron chi connectivity index (χ2n) is 4.90. The van der Waals surface area contributed by atoms with Gasteiger partial charge in [0.2, 0.25) is 10.0 Å². The Morgan fingerprint density at radius 3 is 2.62 bits per heavy atom. The van der Waals surface area contributed by atoms with Gasteiger partial charge in [-0.15, -0.1) is 0 Å². The highest BCUT2D eigenvalue weighted by molar-refractivity contribution is 7.88. The normalized spacial score (nSPS) is 17.3. The summed E-state index contributed by atoms with van der Waals surface area (Å²) in [5, 5.41) is 0. The topological polar surface area (TPSA) is 109 Å². The van der Waals surface area contributed by atoms with Crippen molar-refractivity contribution in [2.24, 2.45) is 5.84 Å². The predicted molar refractivity (Wildman–Crippen MR) is 79.4 cm³/mol. The first-order chi connectivity index (χ1) is 9.99. The molecule has 0 bridgehead atoms. The molecule has 114 valence electrons. The van der Waals surface area contributed by atoms with Crippen molar-refractivity contribution in [1.29, 1.82) is 0 Å². The first-order valence-corrected chi connectivity index (χ1v) is 8.34. The largest absolute Gasteiger partial charge is 0.351 e. The van der Waals surface area contributed by atoms with E-state index in [1.807, 2.05) is 15.5 Å². The Morgan fingerprint density at radius 1 is 1.29 bits per heavy atom. The summed E-state index contributed by atoms with van der Waals surface area (Å²) in [5.74, 6) is 6.66. The molecule has 3 rings (SSSR count). The highest BCUT2D eigenvalue weighted by Gasteiger charge is 2.25. The quantitative estimate of drug-likeness (QED) is 0.558. The minimum Gasteiger partial charge on any atom is -0.351 e. The van der Waals surface area contributed by atoms with Crippen molar-refractivity contribution >= 4 is 27.3 Å². The number of piperazine rings is 1. The van der Waals surface area contributed by atoms with E-state index in [-0.39, 0.29) is 0 Å². The van der Waals surface area contributed by atoms with Crippen molar-refractivity contribution in [2.75, 3.05) is 42.8 Å². The monoisotopic (exact) mass is 311 g/mol. The van der Waals surface area contributed by atoms with Crippen molar-refractivity contribution in [3.8, 4) is 0 Å². The summed E-state index contributed by atoms with van der Waals surface area (Å²) in [7, 11) is -3.14. The van der Waals surface area contributed by atoms with Gasteiger partial charge in [-0.05, 0) is 0 Å². The second kappa shape index (κ2) is 5.13. The Balaban J connectivity index is 1.90. The third kappa shape index (κ3) is 2.64. The van der Waals surface area contributed by atoms with E-state index in [4.69, 9.17) is 5.84 Å². The van der Waals surface area contributed by atoms with Crippen LogP contribution in [0.25, 0.3) is 5.65 Å². The molecule has 3 N–H and O–H groups in total. The molecule has 0 radical (unpaired) electrons. The summed E-state index contributed by atoms with van der Waals surface area (Å²) in [6, 6.07) is 0. The van der Waals surface area contributed by atoms with E-state index in [1.165, 1.54) is 10.6 Å². The van der Waals surface area contributed by atoms with Gasteiger partial charge in [-0.3, -0.25) is 0 Å². The Bertz CT molecular complexity index is 749. The highest BCUT2D eigenvalue weighted by atomic mass is 32.2. The van der Waals surface area contributed by atoms with Gasteiger partial charge in [-0.25, -0.2) is 24.2 Å². The molecular formula is C11H17N7O2S. The SMILES string of the molecule is CS(=O)(=O)N1CCN(c2nc(NN)cn3ccnc23)CC1. The molecule has 0 unspecified atom stereocenters. The summed E-state index contributed by atoms with van der Waals surface area (Å²) >= 11 is 0. The minimum atomic E-state index is -3.14. The molecule has 0 aliphatic carbocycles. The van der Waals surface area contributed by atoms with Crippen molar-refractivity contribution in [2.45, 2.75) is 0 Å². The summed E-state index contributed by atoms with van der Waals surface area (Å²) in [4.78, 5) is 10.8. The second-order valence-corrected chi connectivity index (χ2v) is 6.88. The zero-order valence-corrected chi connectivity index (χ0v) is 12.4. The maximum atomic E-state index is 11.5. The molecule has 0 atom stereocenters. The number of nitrogens with two attached hydrogens (primary N) is 1. The third-order valence-corrected chi connectivity index (χ3v) is 4.81. The van der Waals surface area contributed by atoms with Gasteiger partial charge in [0.15, 0.2) is 17.3 Å². The Kier molecular flexibility index (Phi) is 3.43. The lowest BCUT2D eigenvalue weighted by atomic mass is 10.3. The summed E-state index contributed by atoms with van der Waals surface area (Å²) < 4.78 is 26.4. The summed E-state index contributed by atoms with van der Waals surface area (Å²) in [6.07, 6.45) is 6.48. The maximum absolute atomic E-state index is 11.5. The number of hydrogen-bond donors (Lipinski definition) is 2. The number of sulfonamides is 1. The van der Waals surface area contributed by atoms with Gasteiger partial charge in [0.1, 0.15) is 0 Å². The number of fused-ring (bicyclic) bond motifs is 1. The van der Waals surface area contributed by atoms with E-state index in [1.54, 1.807) is 12.4 Å². The Morgan fingerprint density at radius 2 is 2.00 bits per heavy atom. The number of hydrogen-bond acceptors (Lipinski definition) is 7. The van der Waals surface area contributed by atoms with Crippen molar-refractivity contribution in [1.82, 2.24) is 18.7 Å². The third-order valence-electron chi connectivity index (χ3n) is 3.51. The van der Waals surface area contributed by atoms with Gasteiger partial charge in [-0.1, -0.05) is 0 Å². The zero-order valence-electron chi connectivity index (χ0n) is 11.6. The zero-order chi connectivity index (χ0) is 15.0. The van der Waals surface area contributed by atoms with Gasteiger partial charge in [0, 0.05) is 38.6 Å². The van der Waals surface area contributed by atoms with E-state index in [0.717, 1.165) is 5.65 Å². The van der Waals surface area contributed by atoms with Crippen LogP contribution in [0.1, 0.15) is 0 Å². The lowest BCUT2D eigenvalue weighted by Gasteiger charge is -2.34. The Hall–Kier alpha value is -1.91. The van der Waals surface area contributed by atoms with Crippen LogP contribution >= 0.6 is 0 Å². The number of imidazole rings is 1. The first-order valence-electron chi connectivity index (χ1n) is 6.49. The molecule has 3 heterocycles. The van der Waals surface area contributed by atoms with Gasteiger partial charge in [-0.2, -0.15) is 4.31 Å². The molecular weight excluding hydrogens is 294 g/mol. The predicted octanol–water partition coefficient (Wildman–Crippen LogP) is -0.903. The van der Waals surface area contributed by atoms with Gasteiger partial charge >= 0.3 is 0 Å². The lowest BCUT2D eigenvalue weighted by Crippen LogP contribution is -2.48. The van der Waals surface area contributed by atoms with Crippen molar-refractivity contribution in [3.63, 3.8) is 0 Å². The number of nitrogens with zero attached hydrogens (tertiary/aromatic N) is 5. The van der Waals surface area contributed by atoms with Crippen LogP contribution in [0, 0.1) is 0 Å². The average Bonchev–Trinajstić information content (AvgIpc) is 2.93. The fraction of sp³-hybridized carbons (Fsp3) is 0.455. The van der Waals surface area contributed by atoms with E-state index in [9.17, 15) is 8.42 Å². The summed E-state index contributed by atoms with van der Waals surface area (Å²) in [6.45, 7) is 2.01. The van der Waals surface area contributed by atoms with Gasteiger partial charge in [0.25, 0.3) is 0 Å². The molecule has 1 aliphatic rings. The molecule has 0 amide bonds. The highest BCUT2D eigenvalue weighted by Crippen LogP contribution is 2.22. The van der Waals surface area contributed by atoms with Crippen LogP contribution in [-0.2, 0) is 10.0 Å². The van der Waals surface area contributed by atoms with Gasteiger partial charge in [0.05, 0.1) is 12.5 Å². The molecule has 2 aromatic rings. The average molecular weight is 311 g/mol. The maximum Gasteiger partial charge on any atom is 0.211 e. The van der Waals surface area contributed by atoms with Gasteiger partial charge < -0.3 is 14.7 Å². The fourth-order valence-electron chi connectivity index (χ4n) is 2.43. The number of hydrazine groups is 1. The van der Waals surface area contributed by atoms with Crippen molar-refractivity contribution in [3.05, 3.63) is 18.6 Å². The molecule has 9 nitrogen and oxygen atoms in total. The van der Waals surface area contributed by atoms with Crippen LogP contribution in [0.3, 0.4) is 0 Å². The van der Waals surface area contributed by atoms with E-state index in [2.05, 4.69) is 15.4 Å². The van der Waals surface area contributed by atoms with Crippen molar-refractivity contribution < 1.29 is 8.42 Å². The van der Waals surface area contributed by atoms with Crippen LogP contribution in [0.5, 0.6) is 0 Å². The molecule has 0 aromatic carbocycles. The summed E-state index contributed by atoms with van der Waals surface area (Å²) in [5.41, 5.74) is 3.25. The number of rotatable bonds is 3. The van der Waals surface area contributed by atoms with Crippen LogP contribution in [0.15, 0.2) is 18.6 Å². The fourth-order valence-corrected chi connectivity index (χ4v) is 3.25. The number of aromatic nitrogens is 3. The number of nitrogen functional groups attached to an aromatic ring is 1. The molecule has 1 fully saturated rings. The molecule has 0 spiro atoms. The Labute approximate surface area is 122 Å². The lowest BCUT2D eigenvalue weighted by molar-refractivity contribution is 0.387. The molecule has 0 saturated carbocycles. The molecule has 1 saturated heterocycles. The first kappa shape index (κ1) is 14.0. The molecule has 2 aromatic heterocycles. The molecule has 21 heavy (non-hydrogen) atoms. The smallest absolute Gasteiger partial charge is 0.211 e. The minimum absolute atomic E-state index is 0.438. The molecule has 10 heteroatoms. The molecule has 1 aliphatic heterocycles.